The molecule has 0 atom stereocenters. The first-order valence-electron chi connectivity index (χ1n) is 6.92. The zero-order valence-corrected chi connectivity index (χ0v) is 12.1. The number of hydrogen-bond acceptors (Lipinski definition) is 1. The lowest BCUT2D eigenvalue weighted by Gasteiger charge is -2.32. The Morgan fingerprint density at radius 3 is 2.31 bits per heavy atom. The molecule has 0 radical (unpaired) electrons. The molecule has 0 aromatic carbocycles. The number of ether oxygens (including phenoxy) is 1. The van der Waals surface area contributed by atoms with Crippen molar-refractivity contribution in [2.75, 3.05) is 11.9 Å². The standard InChI is InChI=1S/C14H25BrO/c1-12-4-6-13(7-5-12)16-11-14(10-15)8-2-3-9-14/h12-13H,2-11H2,1H3. The van der Waals surface area contributed by atoms with Crippen molar-refractivity contribution in [1.82, 2.24) is 0 Å². The molecule has 0 amide bonds. The summed E-state index contributed by atoms with van der Waals surface area (Å²) in [5.74, 6) is 0.927. The highest BCUT2D eigenvalue weighted by Crippen LogP contribution is 2.40. The minimum Gasteiger partial charge on any atom is -0.378 e. The van der Waals surface area contributed by atoms with Gasteiger partial charge in [0.05, 0.1) is 12.7 Å². The van der Waals surface area contributed by atoms with Crippen LogP contribution in [0.15, 0.2) is 0 Å². The van der Waals surface area contributed by atoms with Crippen molar-refractivity contribution < 1.29 is 4.74 Å². The molecule has 0 spiro atoms. The first kappa shape index (κ1) is 12.9. The van der Waals surface area contributed by atoms with Crippen LogP contribution in [0.25, 0.3) is 0 Å². The Bertz CT molecular complexity index is 203. The fourth-order valence-electron chi connectivity index (χ4n) is 3.13. The maximum Gasteiger partial charge on any atom is 0.0575 e. The molecule has 1 nitrogen and oxygen atoms in total. The Kier molecular flexibility index (Phi) is 4.72. The van der Waals surface area contributed by atoms with Gasteiger partial charge in [-0.05, 0) is 44.4 Å². The van der Waals surface area contributed by atoms with Gasteiger partial charge in [0.25, 0.3) is 0 Å². The van der Waals surface area contributed by atoms with E-state index in [2.05, 4.69) is 22.9 Å². The summed E-state index contributed by atoms with van der Waals surface area (Å²) >= 11 is 3.69. The lowest BCUT2D eigenvalue weighted by atomic mass is 9.87. The summed E-state index contributed by atoms with van der Waals surface area (Å²) in [6.07, 6.45) is 11.4. The summed E-state index contributed by atoms with van der Waals surface area (Å²) in [6, 6.07) is 0. The van der Waals surface area contributed by atoms with Crippen molar-refractivity contribution in [2.45, 2.75) is 64.4 Å². The van der Waals surface area contributed by atoms with Gasteiger partial charge in [-0.15, -0.1) is 0 Å². The van der Waals surface area contributed by atoms with Crippen molar-refractivity contribution in [1.29, 1.82) is 0 Å². The van der Waals surface area contributed by atoms with E-state index in [-0.39, 0.29) is 0 Å². The molecule has 2 aliphatic carbocycles. The number of alkyl halides is 1. The van der Waals surface area contributed by atoms with E-state index in [9.17, 15) is 0 Å². The van der Waals surface area contributed by atoms with Gasteiger partial charge in [0.15, 0.2) is 0 Å². The monoisotopic (exact) mass is 288 g/mol. The molecule has 2 fully saturated rings. The largest absolute Gasteiger partial charge is 0.378 e. The SMILES string of the molecule is CC1CCC(OCC2(CBr)CCCC2)CC1. The Balaban J connectivity index is 1.73. The van der Waals surface area contributed by atoms with Gasteiger partial charge in [0.2, 0.25) is 0 Å². The molecule has 94 valence electrons. The first-order chi connectivity index (χ1) is 7.74. The van der Waals surface area contributed by atoms with Crippen molar-refractivity contribution in [3.63, 3.8) is 0 Å². The summed E-state index contributed by atoms with van der Waals surface area (Å²) in [5, 5.41) is 1.13. The normalized spacial score (nSPS) is 34.1. The second-order valence-corrected chi connectivity index (χ2v) is 6.59. The van der Waals surface area contributed by atoms with Crippen molar-refractivity contribution in [3.05, 3.63) is 0 Å². The maximum absolute atomic E-state index is 6.18. The first-order valence-corrected chi connectivity index (χ1v) is 8.04. The predicted molar refractivity (Wildman–Crippen MR) is 72.1 cm³/mol. The minimum absolute atomic E-state index is 0.475. The van der Waals surface area contributed by atoms with E-state index in [1.54, 1.807) is 0 Å². The molecular formula is C14H25BrO. The molecule has 0 saturated heterocycles. The van der Waals surface area contributed by atoms with Gasteiger partial charge in [0, 0.05) is 10.7 Å². The Morgan fingerprint density at radius 1 is 1.12 bits per heavy atom. The van der Waals surface area contributed by atoms with Gasteiger partial charge in [-0.25, -0.2) is 0 Å². The van der Waals surface area contributed by atoms with Gasteiger partial charge >= 0.3 is 0 Å². The molecule has 2 saturated carbocycles. The van der Waals surface area contributed by atoms with Gasteiger partial charge in [0.1, 0.15) is 0 Å². The molecule has 16 heavy (non-hydrogen) atoms. The lowest BCUT2D eigenvalue weighted by Crippen LogP contribution is -2.30. The summed E-state index contributed by atoms with van der Waals surface area (Å²) in [7, 11) is 0. The Hall–Kier alpha value is 0.440. The highest BCUT2D eigenvalue weighted by molar-refractivity contribution is 9.09. The van der Waals surface area contributed by atoms with Gasteiger partial charge < -0.3 is 4.74 Å². The van der Waals surface area contributed by atoms with Crippen molar-refractivity contribution in [2.24, 2.45) is 11.3 Å². The fraction of sp³-hybridized carbons (Fsp3) is 1.00. The van der Waals surface area contributed by atoms with Crippen LogP contribution in [0.1, 0.15) is 58.3 Å². The zero-order valence-electron chi connectivity index (χ0n) is 10.5. The van der Waals surface area contributed by atoms with E-state index in [1.165, 1.54) is 51.4 Å². The Labute approximate surface area is 108 Å². The molecule has 0 aromatic rings. The van der Waals surface area contributed by atoms with Crippen LogP contribution in [0, 0.1) is 11.3 Å². The smallest absolute Gasteiger partial charge is 0.0575 e. The van der Waals surface area contributed by atoms with Crippen molar-refractivity contribution >= 4 is 15.9 Å². The van der Waals surface area contributed by atoms with Crippen molar-refractivity contribution in [3.8, 4) is 0 Å². The maximum atomic E-state index is 6.18. The summed E-state index contributed by atoms with van der Waals surface area (Å²) in [5.41, 5.74) is 0.475. The molecule has 0 aliphatic heterocycles. The van der Waals surface area contributed by atoms with Crippen LogP contribution in [0.2, 0.25) is 0 Å². The average molecular weight is 289 g/mol. The van der Waals surface area contributed by atoms with E-state index < -0.39 is 0 Å². The van der Waals surface area contributed by atoms with Crippen LogP contribution in [-0.2, 0) is 4.74 Å². The van der Waals surface area contributed by atoms with Gasteiger partial charge in [-0.1, -0.05) is 35.7 Å². The van der Waals surface area contributed by atoms with E-state index in [1.807, 2.05) is 0 Å². The Morgan fingerprint density at radius 2 is 1.75 bits per heavy atom. The third kappa shape index (κ3) is 3.22. The number of rotatable bonds is 4. The van der Waals surface area contributed by atoms with Crippen LogP contribution in [0.5, 0.6) is 0 Å². The fourth-order valence-corrected chi connectivity index (χ4v) is 3.85. The topological polar surface area (TPSA) is 9.23 Å². The quantitative estimate of drug-likeness (QED) is 0.690. The van der Waals surface area contributed by atoms with Crippen LogP contribution >= 0.6 is 15.9 Å². The molecule has 0 unspecified atom stereocenters. The van der Waals surface area contributed by atoms with Crippen LogP contribution < -0.4 is 0 Å². The van der Waals surface area contributed by atoms with E-state index in [0.29, 0.717) is 11.5 Å². The molecule has 0 heterocycles. The van der Waals surface area contributed by atoms with Gasteiger partial charge in [-0.2, -0.15) is 0 Å². The van der Waals surface area contributed by atoms with E-state index in [4.69, 9.17) is 4.74 Å². The second-order valence-electron chi connectivity index (χ2n) is 6.03. The van der Waals surface area contributed by atoms with E-state index >= 15 is 0 Å². The number of hydrogen-bond donors (Lipinski definition) is 0. The third-order valence-corrected chi connectivity index (χ3v) is 5.73. The number of halogens is 1. The minimum atomic E-state index is 0.475. The zero-order chi connectivity index (χ0) is 11.4. The molecule has 0 aromatic heterocycles. The summed E-state index contributed by atoms with van der Waals surface area (Å²) in [6.45, 7) is 3.37. The van der Waals surface area contributed by atoms with Gasteiger partial charge in [-0.3, -0.25) is 0 Å². The van der Waals surface area contributed by atoms with Crippen LogP contribution in [0.3, 0.4) is 0 Å². The molecular weight excluding hydrogens is 264 g/mol. The molecule has 2 heteroatoms. The molecule has 0 N–H and O–H groups in total. The average Bonchev–Trinajstić information content (AvgIpc) is 2.78. The second kappa shape index (κ2) is 5.86. The third-order valence-electron chi connectivity index (χ3n) is 4.54. The molecule has 0 bridgehead atoms. The predicted octanol–water partition coefficient (Wildman–Crippen LogP) is 4.54. The van der Waals surface area contributed by atoms with Crippen LogP contribution in [-0.4, -0.2) is 18.0 Å². The van der Waals surface area contributed by atoms with Crippen LogP contribution in [0.4, 0.5) is 0 Å². The summed E-state index contributed by atoms with van der Waals surface area (Å²) in [4.78, 5) is 0. The highest BCUT2D eigenvalue weighted by Gasteiger charge is 2.34. The summed E-state index contributed by atoms with van der Waals surface area (Å²) < 4.78 is 6.18. The molecule has 2 rings (SSSR count). The lowest BCUT2D eigenvalue weighted by molar-refractivity contribution is -0.0220. The molecule has 2 aliphatic rings. The highest BCUT2D eigenvalue weighted by atomic mass is 79.9. The van der Waals surface area contributed by atoms with E-state index in [0.717, 1.165) is 17.9 Å².